The van der Waals surface area contributed by atoms with Gasteiger partial charge < -0.3 is 9.47 Å². The lowest BCUT2D eigenvalue weighted by Gasteiger charge is -2.16. The maximum Gasteiger partial charge on any atom is 0.354 e. The second-order valence-corrected chi connectivity index (χ2v) is 5.20. The lowest BCUT2D eigenvalue weighted by molar-refractivity contribution is -0.150. The monoisotopic (exact) mass is 276 g/mol. The number of hydrogen-bond donors (Lipinski definition) is 0. The van der Waals surface area contributed by atoms with Gasteiger partial charge >= 0.3 is 5.97 Å². The van der Waals surface area contributed by atoms with Crippen molar-refractivity contribution < 1.29 is 19.1 Å². The van der Waals surface area contributed by atoms with E-state index in [1.54, 1.807) is 0 Å². The van der Waals surface area contributed by atoms with Gasteiger partial charge in [0.05, 0.1) is 7.11 Å². The molecule has 0 aromatic heterocycles. The van der Waals surface area contributed by atoms with E-state index in [-0.39, 0.29) is 0 Å². The fraction of sp³-hybridized carbons (Fsp3) is 0.500. The predicted molar refractivity (Wildman–Crippen MR) is 74.9 cm³/mol. The van der Waals surface area contributed by atoms with Gasteiger partial charge in [0.2, 0.25) is 6.10 Å². The van der Waals surface area contributed by atoms with Crippen molar-refractivity contribution >= 4 is 12.3 Å². The third-order valence-corrected chi connectivity index (χ3v) is 3.85. The largest absolute Gasteiger partial charge is 0.471 e. The van der Waals surface area contributed by atoms with E-state index in [2.05, 4.69) is 10.8 Å². The Kier molecular flexibility index (Phi) is 4.77. The summed E-state index contributed by atoms with van der Waals surface area (Å²) < 4.78 is 10.1. The number of rotatable bonds is 5. The average Bonchev–Trinajstić information content (AvgIpc) is 2.99. The summed E-state index contributed by atoms with van der Waals surface area (Å²) >= 11 is 0. The third-order valence-electron chi connectivity index (χ3n) is 3.85. The molecular formula is C16H20O4. The summed E-state index contributed by atoms with van der Waals surface area (Å²) in [4.78, 5) is 22.4. The summed E-state index contributed by atoms with van der Waals surface area (Å²) in [5, 5.41) is 0. The van der Waals surface area contributed by atoms with Gasteiger partial charge in [-0.25, -0.2) is 4.79 Å². The molecule has 1 aromatic carbocycles. The van der Waals surface area contributed by atoms with Gasteiger partial charge in [-0.1, -0.05) is 25.0 Å². The molecule has 0 saturated heterocycles. The van der Waals surface area contributed by atoms with Gasteiger partial charge in [-0.05, 0) is 42.9 Å². The van der Waals surface area contributed by atoms with E-state index in [1.807, 2.05) is 19.1 Å². The average molecular weight is 276 g/mol. The van der Waals surface area contributed by atoms with Crippen LogP contribution >= 0.6 is 0 Å². The van der Waals surface area contributed by atoms with Crippen molar-refractivity contribution in [3.8, 4) is 5.75 Å². The van der Waals surface area contributed by atoms with Crippen molar-refractivity contribution in [2.75, 3.05) is 7.11 Å². The van der Waals surface area contributed by atoms with Crippen LogP contribution in [-0.4, -0.2) is 25.5 Å². The number of carbonyl (C=O) groups excluding carboxylic acids is 2. The molecule has 108 valence electrons. The Morgan fingerprint density at radius 2 is 2.05 bits per heavy atom. The van der Waals surface area contributed by atoms with Crippen LogP contribution in [0.15, 0.2) is 18.2 Å². The maximum absolute atomic E-state index is 11.4. The zero-order chi connectivity index (χ0) is 14.5. The van der Waals surface area contributed by atoms with Crippen molar-refractivity contribution in [2.24, 2.45) is 0 Å². The maximum atomic E-state index is 11.4. The van der Waals surface area contributed by atoms with Crippen molar-refractivity contribution in [3.05, 3.63) is 29.3 Å². The number of carbonyl (C=O) groups is 2. The molecule has 0 N–H and O–H groups in total. The van der Waals surface area contributed by atoms with E-state index in [0.717, 1.165) is 5.56 Å². The number of hydrogen-bond acceptors (Lipinski definition) is 4. The molecule has 4 nitrogen and oxygen atoms in total. The predicted octanol–water partition coefficient (Wildman–Crippen LogP) is 2.77. The summed E-state index contributed by atoms with van der Waals surface area (Å²) in [5.74, 6) is 0.466. The Balaban J connectivity index is 2.19. The van der Waals surface area contributed by atoms with E-state index in [0.29, 0.717) is 18.0 Å². The molecule has 1 saturated carbocycles. The zero-order valence-corrected chi connectivity index (χ0v) is 11.9. The minimum atomic E-state index is -1.20. The standard InChI is InChI=1S/C16H20O4/c1-11-7-8-13(12-5-3-4-6-12)9-14(11)20-15(10-17)16(18)19-2/h7-10,12,15H,3-6H2,1-2H3. The van der Waals surface area contributed by atoms with Crippen LogP contribution in [0, 0.1) is 6.92 Å². The fourth-order valence-corrected chi connectivity index (χ4v) is 2.64. The number of aldehydes is 1. The van der Waals surface area contributed by atoms with Crippen molar-refractivity contribution in [3.63, 3.8) is 0 Å². The highest BCUT2D eigenvalue weighted by molar-refractivity contribution is 5.91. The SMILES string of the molecule is COC(=O)C(C=O)Oc1cc(C2CCCC2)ccc1C. The van der Waals surface area contributed by atoms with Crippen LogP contribution in [0.4, 0.5) is 0 Å². The van der Waals surface area contributed by atoms with Gasteiger partial charge in [0.1, 0.15) is 5.75 Å². The van der Waals surface area contributed by atoms with Crippen LogP contribution < -0.4 is 4.74 Å². The summed E-state index contributed by atoms with van der Waals surface area (Å²) in [6, 6.07) is 6.03. The highest BCUT2D eigenvalue weighted by Gasteiger charge is 2.22. The number of benzene rings is 1. The van der Waals surface area contributed by atoms with Crippen LogP contribution in [0.25, 0.3) is 0 Å². The smallest absolute Gasteiger partial charge is 0.354 e. The van der Waals surface area contributed by atoms with Gasteiger partial charge in [0.15, 0.2) is 6.29 Å². The summed E-state index contributed by atoms with van der Waals surface area (Å²) in [6.45, 7) is 1.90. The quantitative estimate of drug-likeness (QED) is 0.471. The summed E-state index contributed by atoms with van der Waals surface area (Å²) in [5.41, 5.74) is 2.13. The summed E-state index contributed by atoms with van der Waals surface area (Å²) in [7, 11) is 1.24. The number of methoxy groups -OCH3 is 1. The van der Waals surface area contributed by atoms with Crippen molar-refractivity contribution in [1.29, 1.82) is 0 Å². The molecule has 1 aromatic rings. The minimum Gasteiger partial charge on any atom is -0.471 e. The Labute approximate surface area is 119 Å². The highest BCUT2D eigenvalue weighted by Crippen LogP contribution is 2.36. The number of aryl methyl sites for hydroxylation is 1. The van der Waals surface area contributed by atoms with Crippen LogP contribution in [0.1, 0.15) is 42.7 Å². The van der Waals surface area contributed by atoms with Gasteiger partial charge in [0.25, 0.3) is 0 Å². The first kappa shape index (κ1) is 14.6. The van der Waals surface area contributed by atoms with E-state index < -0.39 is 12.1 Å². The minimum absolute atomic E-state index is 0.466. The van der Waals surface area contributed by atoms with Crippen LogP contribution in [0.2, 0.25) is 0 Å². The topological polar surface area (TPSA) is 52.6 Å². The second kappa shape index (κ2) is 6.55. The fourth-order valence-electron chi connectivity index (χ4n) is 2.64. The Hall–Kier alpha value is -1.84. The first-order chi connectivity index (χ1) is 9.65. The van der Waals surface area contributed by atoms with E-state index in [9.17, 15) is 9.59 Å². The normalized spacial score (nSPS) is 16.7. The van der Waals surface area contributed by atoms with Crippen LogP contribution in [-0.2, 0) is 14.3 Å². The molecule has 0 aliphatic heterocycles. The van der Waals surface area contributed by atoms with Crippen molar-refractivity contribution in [2.45, 2.75) is 44.6 Å². The molecule has 2 rings (SSSR count). The molecule has 1 fully saturated rings. The van der Waals surface area contributed by atoms with Crippen LogP contribution in [0.3, 0.4) is 0 Å². The molecule has 0 radical (unpaired) electrons. The molecule has 0 spiro atoms. The summed E-state index contributed by atoms with van der Waals surface area (Å²) in [6.07, 6.45) is 4.17. The molecule has 20 heavy (non-hydrogen) atoms. The molecular weight excluding hydrogens is 256 g/mol. The highest BCUT2D eigenvalue weighted by atomic mass is 16.6. The lowest BCUT2D eigenvalue weighted by atomic mass is 9.96. The number of esters is 1. The van der Waals surface area contributed by atoms with Gasteiger partial charge in [-0.2, -0.15) is 0 Å². The van der Waals surface area contributed by atoms with Crippen molar-refractivity contribution in [1.82, 2.24) is 0 Å². The Morgan fingerprint density at radius 3 is 2.65 bits per heavy atom. The van der Waals surface area contributed by atoms with Gasteiger partial charge in [-0.15, -0.1) is 0 Å². The molecule has 1 unspecified atom stereocenters. The third kappa shape index (κ3) is 3.18. The van der Waals surface area contributed by atoms with Gasteiger partial charge in [-0.3, -0.25) is 4.79 Å². The molecule has 0 amide bonds. The molecule has 4 heteroatoms. The van der Waals surface area contributed by atoms with Crippen LogP contribution in [0.5, 0.6) is 5.75 Å². The molecule has 0 bridgehead atoms. The Bertz CT molecular complexity index is 489. The molecule has 1 aliphatic rings. The van der Waals surface area contributed by atoms with Gasteiger partial charge in [0, 0.05) is 0 Å². The Morgan fingerprint density at radius 1 is 1.35 bits per heavy atom. The first-order valence-electron chi connectivity index (χ1n) is 6.96. The molecule has 1 aliphatic carbocycles. The van der Waals surface area contributed by atoms with E-state index in [1.165, 1.54) is 38.4 Å². The van der Waals surface area contributed by atoms with E-state index in [4.69, 9.17) is 4.74 Å². The first-order valence-corrected chi connectivity index (χ1v) is 6.96. The molecule has 1 atom stereocenters. The number of ether oxygens (including phenoxy) is 2. The zero-order valence-electron chi connectivity index (χ0n) is 11.9. The second-order valence-electron chi connectivity index (χ2n) is 5.20. The lowest BCUT2D eigenvalue weighted by Crippen LogP contribution is -2.30. The molecule has 0 heterocycles. The van der Waals surface area contributed by atoms with E-state index >= 15 is 0 Å².